The normalized spacial score (nSPS) is 12.3. The van der Waals surface area contributed by atoms with Gasteiger partial charge in [-0.3, -0.25) is 0 Å². The molecule has 0 aliphatic rings. The number of aryl methyl sites for hydroxylation is 1. The molecule has 3 nitrogen and oxygen atoms in total. The maximum absolute atomic E-state index is 6.55. The Morgan fingerprint density at radius 2 is 1.03 bits per heavy atom. The van der Waals surface area contributed by atoms with Gasteiger partial charge in [-0.1, -0.05) is 91.0 Å². The molecule has 0 atom stereocenters. The molecule has 0 amide bonds. The molecule has 38 heavy (non-hydrogen) atoms. The molecule has 0 unspecified atom stereocenters. The number of nitrogens with zero attached hydrogens (tertiary/aromatic N) is 2. The third-order valence-corrected chi connectivity index (χ3v) is 8.29. The molecule has 9 rings (SSSR count). The summed E-state index contributed by atoms with van der Waals surface area (Å²) < 4.78 is 11.3. The number of benzene rings is 6. The molecule has 0 N–H and O–H groups in total. The van der Waals surface area contributed by atoms with E-state index in [4.69, 9.17) is 4.42 Å². The Bertz CT molecular complexity index is 2420. The van der Waals surface area contributed by atoms with Crippen LogP contribution in [-0.4, -0.2) is 9.13 Å². The smallest absolute Gasteiger partial charge is 0.159 e. The van der Waals surface area contributed by atoms with Crippen LogP contribution in [0, 0.1) is 0 Å². The minimum absolute atomic E-state index is 0.914. The number of furan rings is 1. The van der Waals surface area contributed by atoms with Gasteiger partial charge in [0.25, 0.3) is 0 Å². The second-order valence-electron chi connectivity index (χ2n) is 10.2. The molecule has 0 bridgehead atoms. The summed E-state index contributed by atoms with van der Waals surface area (Å²) in [5.41, 5.74) is 7.82. The van der Waals surface area contributed by atoms with Crippen molar-refractivity contribution in [3.8, 4) is 5.69 Å². The average Bonchev–Trinajstić information content (AvgIpc) is 3.62. The first-order valence-corrected chi connectivity index (χ1v) is 13.0. The fourth-order valence-electron chi connectivity index (χ4n) is 6.76. The quantitative estimate of drug-likeness (QED) is 0.227. The van der Waals surface area contributed by atoms with Gasteiger partial charge in [0.05, 0.1) is 22.2 Å². The van der Waals surface area contributed by atoms with E-state index in [1.54, 1.807) is 0 Å². The van der Waals surface area contributed by atoms with Crippen LogP contribution < -0.4 is 0 Å². The summed E-state index contributed by atoms with van der Waals surface area (Å²) in [5.74, 6) is 0. The van der Waals surface area contributed by atoms with E-state index >= 15 is 0 Å². The van der Waals surface area contributed by atoms with E-state index in [9.17, 15) is 0 Å². The predicted molar refractivity (Wildman–Crippen MR) is 160 cm³/mol. The third kappa shape index (κ3) is 2.34. The highest BCUT2D eigenvalue weighted by molar-refractivity contribution is 6.37. The number of hydrogen-bond acceptors (Lipinski definition) is 1. The van der Waals surface area contributed by atoms with Crippen molar-refractivity contribution in [3.63, 3.8) is 0 Å². The van der Waals surface area contributed by atoms with E-state index in [0.717, 1.165) is 27.6 Å². The Balaban J connectivity index is 1.62. The molecule has 0 aliphatic carbocycles. The van der Waals surface area contributed by atoms with Crippen LogP contribution in [0.2, 0.25) is 0 Å². The molecule has 0 aliphatic heterocycles. The average molecular weight is 487 g/mol. The summed E-state index contributed by atoms with van der Waals surface area (Å²) in [6.07, 6.45) is 0. The highest BCUT2D eigenvalue weighted by Gasteiger charge is 2.24. The predicted octanol–water partition coefficient (Wildman–Crippen LogP) is 9.48. The Morgan fingerprint density at radius 3 is 1.82 bits per heavy atom. The van der Waals surface area contributed by atoms with Crippen LogP contribution in [0.1, 0.15) is 0 Å². The van der Waals surface area contributed by atoms with Gasteiger partial charge in [0.1, 0.15) is 5.58 Å². The topological polar surface area (TPSA) is 23.0 Å². The van der Waals surface area contributed by atoms with Crippen LogP contribution in [0.15, 0.2) is 120 Å². The Hall–Kier alpha value is -5.02. The number of hydrogen-bond donors (Lipinski definition) is 0. The van der Waals surface area contributed by atoms with Crippen LogP contribution >= 0.6 is 0 Å². The van der Waals surface area contributed by atoms with Crippen molar-refractivity contribution in [1.82, 2.24) is 9.13 Å². The molecule has 9 aromatic rings. The molecule has 0 spiro atoms. The summed E-state index contributed by atoms with van der Waals surface area (Å²) in [5, 5.41) is 9.92. The molecule has 0 saturated heterocycles. The van der Waals surface area contributed by atoms with Crippen LogP contribution in [0.4, 0.5) is 0 Å². The largest absolute Gasteiger partial charge is 0.454 e. The van der Waals surface area contributed by atoms with Crippen LogP contribution in [-0.2, 0) is 7.05 Å². The molecular formula is C35H22N2O. The van der Waals surface area contributed by atoms with Crippen molar-refractivity contribution < 1.29 is 4.42 Å². The Kier molecular flexibility index (Phi) is 3.73. The van der Waals surface area contributed by atoms with Crippen molar-refractivity contribution in [2.75, 3.05) is 0 Å². The lowest BCUT2D eigenvalue weighted by molar-refractivity contribution is 0.666. The van der Waals surface area contributed by atoms with E-state index in [1.165, 1.54) is 54.4 Å². The fraction of sp³-hybridized carbons (Fsp3) is 0.0286. The fourth-order valence-corrected chi connectivity index (χ4v) is 6.76. The highest BCUT2D eigenvalue weighted by Crippen LogP contribution is 2.46. The van der Waals surface area contributed by atoms with Crippen molar-refractivity contribution in [2.45, 2.75) is 0 Å². The number of para-hydroxylation sites is 4. The van der Waals surface area contributed by atoms with Crippen molar-refractivity contribution >= 4 is 76.3 Å². The SMILES string of the molecule is Cn1c2ccccc2c2c3c4ccccc4n(-c4cccc5c4oc4ccccc45)c3c3ccccc3c21. The van der Waals surface area contributed by atoms with Gasteiger partial charge < -0.3 is 13.6 Å². The van der Waals surface area contributed by atoms with E-state index < -0.39 is 0 Å². The lowest BCUT2D eigenvalue weighted by atomic mass is 9.99. The van der Waals surface area contributed by atoms with Crippen LogP contribution in [0.25, 0.3) is 82.0 Å². The van der Waals surface area contributed by atoms with Crippen molar-refractivity contribution in [1.29, 1.82) is 0 Å². The van der Waals surface area contributed by atoms with E-state index in [2.05, 4.69) is 125 Å². The van der Waals surface area contributed by atoms with Crippen LogP contribution in [0.5, 0.6) is 0 Å². The summed E-state index contributed by atoms with van der Waals surface area (Å²) >= 11 is 0. The van der Waals surface area contributed by atoms with Gasteiger partial charge in [-0.2, -0.15) is 0 Å². The van der Waals surface area contributed by atoms with E-state index in [0.29, 0.717) is 0 Å². The lowest BCUT2D eigenvalue weighted by Gasteiger charge is -2.12. The first-order valence-electron chi connectivity index (χ1n) is 13.0. The van der Waals surface area contributed by atoms with Gasteiger partial charge in [0, 0.05) is 55.7 Å². The number of aromatic nitrogens is 2. The zero-order valence-electron chi connectivity index (χ0n) is 20.8. The standard InChI is InChI=1S/C35H22N2O/c1-36-27-17-7-4-14-25(27)31-32-26-15-5-8-18-28(26)37(34(32)23-13-3-2-12-22(23)33(31)36)29-19-10-16-24-21-11-6-9-20-30(21)38-35(24)29/h2-20H,1H3. The zero-order valence-corrected chi connectivity index (χ0v) is 20.8. The number of fused-ring (bicyclic) bond motifs is 13. The molecule has 178 valence electrons. The molecule has 3 heterocycles. The second kappa shape index (κ2) is 7.05. The molecule has 0 saturated carbocycles. The molecule has 0 radical (unpaired) electrons. The minimum atomic E-state index is 0.914. The van der Waals surface area contributed by atoms with Gasteiger partial charge in [-0.15, -0.1) is 0 Å². The van der Waals surface area contributed by atoms with Gasteiger partial charge in [0.2, 0.25) is 0 Å². The van der Waals surface area contributed by atoms with Gasteiger partial charge in [-0.05, 0) is 24.3 Å². The van der Waals surface area contributed by atoms with Gasteiger partial charge in [0.15, 0.2) is 5.58 Å². The van der Waals surface area contributed by atoms with Crippen LogP contribution in [0.3, 0.4) is 0 Å². The van der Waals surface area contributed by atoms with Crippen molar-refractivity contribution in [2.24, 2.45) is 7.05 Å². The molecule has 3 heteroatoms. The molecular weight excluding hydrogens is 464 g/mol. The van der Waals surface area contributed by atoms with Crippen molar-refractivity contribution in [3.05, 3.63) is 115 Å². The summed E-state index contributed by atoms with van der Waals surface area (Å²) in [6.45, 7) is 0. The van der Waals surface area contributed by atoms with Gasteiger partial charge >= 0.3 is 0 Å². The monoisotopic (exact) mass is 486 g/mol. The summed E-state index contributed by atoms with van der Waals surface area (Å²) in [6, 6.07) is 41.2. The first-order chi connectivity index (χ1) is 18.8. The van der Waals surface area contributed by atoms with E-state index in [-0.39, 0.29) is 0 Å². The Labute approximate surface area is 217 Å². The Morgan fingerprint density at radius 1 is 0.474 bits per heavy atom. The van der Waals surface area contributed by atoms with Gasteiger partial charge in [-0.25, -0.2) is 0 Å². The summed E-state index contributed by atoms with van der Waals surface area (Å²) in [4.78, 5) is 0. The maximum atomic E-state index is 6.55. The maximum Gasteiger partial charge on any atom is 0.159 e. The second-order valence-corrected chi connectivity index (χ2v) is 10.2. The van der Waals surface area contributed by atoms with E-state index in [1.807, 2.05) is 6.07 Å². The zero-order chi connectivity index (χ0) is 25.0. The highest BCUT2D eigenvalue weighted by atomic mass is 16.3. The molecule has 3 aromatic heterocycles. The minimum Gasteiger partial charge on any atom is -0.454 e. The summed E-state index contributed by atoms with van der Waals surface area (Å²) in [7, 11) is 2.19. The lowest BCUT2D eigenvalue weighted by Crippen LogP contribution is -1.96. The molecule has 0 fully saturated rings. The third-order valence-electron chi connectivity index (χ3n) is 8.29. The first kappa shape index (κ1) is 20.1. The molecule has 6 aromatic carbocycles. The number of rotatable bonds is 1.